The first-order valence-corrected chi connectivity index (χ1v) is 9.21. The van der Waals surface area contributed by atoms with Crippen LogP contribution in [0.3, 0.4) is 0 Å². The molecule has 5 aromatic rings. The Bertz CT molecular complexity index is 1300. The molecule has 0 fully saturated rings. The van der Waals surface area contributed by atoms with Crippen molar-refractivity contribution in [3.63, 3.8) is 0 Å². The van der Waals surface area contributed by atoms with Crippen LogP contribution in [0.15, 0.2) is 79.3 Å². The van der Waals surface area contributed by atoms with Crippen LogP contribution in [0.25, 0.3) is 38.7 Å². The molecular weight excluding hydrogens is 346 g/mol. The van der Waals surface area contributed by atoms with Crippen molar-refractivity contribution < 1.29 is 4.74 Å². The number of hydrogen-bond acceptors (Lipinski definition) is 3. The molecule has 0 radical (unpaired) electrons. The fraction of sp³-hybridized carbons (Fsp3) is 0.0833. The van der Waals surface area contributed by atoms with E-state index in [1.54, 1.807) is 7.11 Å². The first-order chi connectivity index (χ1) is 13.7. The molecule has 0 saturated heterocycles. The first-order valence-electron chi connectivity index (χ1n) is 9.21. The van der Waals surface area contributed by atoms with E-state index in [4.69, 9.17) is 9.72 Å². The summed E-state index contributed by atoms with van der Waals surface area (Å²) in [6.07, 6.45) is 5.79. The van der Waals surface area contributed by atoms with E-state index in [0.717, 1.165) is 44.4 Å². The highest BCUT2D eigenvalue weighted by atomic mass is 16.5. The second kappa shape index (κ2) is 6.50. The van der Waals surface area contributed by atoms with E-state index >= 15 is 0 Å². The molecule has 5 rings (SSSR count). The van der Waals surface area contributed by atoms with E-state index in [-0.39, 0.29) is 0 Å². The average Bonchev–Trinajstić information content (AvgIpc) is 3.16. The zero-order valence-electron chi connectivity index (χ0n) is 15.8. The summed E-state index contributed by atoms with van der Waals surface area (Å²) in [5.74, 6) is 0.818. The average molecular weight is 365 g/mol. The highest BCUT2D eigenvalue weighted by molar-refractivity contribution is 6.02. The molecule has 0 aliphatic carbocycles. The van der Waals surface area contributed by atoms with Gasteiger partial charge in [-0.05, 0) is 29.3 Å². The Morgan fingerprint density at radius 3 is 2.50 bits per heavy atom. The monoisotopic (exact) mass is 365 g/mol. The highest BCUT2D eigenvalue weighted by Crippen LogP contribution is 2.38. The number of fused-ring (bicyclic) bond motifs is 2. The van der Waals surface area contributed by atoms with Crippen LogP contribution in [0.5, 0.6) is 5.75 Å². The van der Waals surface area contributed by atoms with Gasteiger partial charge in [-0.3, -0.25) is 0 Å². The van der Waals surface area contributed by atoms with Crippen LogP contribution < -0.4 is 4.74 Å². The molecule has 0 saturated carbocycles. The van der Waals surface area contributed by atoms with Crippen molar-refractivity contribution >= 4 is 16.4 Å². The second-order valence-corrected chi connectivity index (χ2v) is 6.90. The maximum absolute atomic E-state index is 5.67. The standard InChI is InChI=1S/C24H19N3O/c1-16-7-9-17(10-8-16)19-13-25-24-21(14-26-27(24)15-19)23-20-6-4-3-5-18(20)11-12-22(23)28-2/h3-15H,1-2H3. The van der Waals surface area contributed by atoms with Crippen molar-refractivity contribution in [2.45, 2.75) is 6.92 Å². The number of nitrogens with zero attached hydrogens (tertiary/aromatic N) is 3. The van der Waals surface area contributed by atoms with Crippen molar-refractivity contribution in [3.8, 4) is 28.0 Å². The summed E-state index contributed by atoms with van der Waals surface area (Å²) >= 11 is 0. The van der Waals surface area contributed by atoms with Gasteiger partial charge in [-0.2, -0.15) is 5.10 Å². The van der Waals surface area contributed by atoms with Crippen LogP contribution >= 0.6 is 0 Å². The Morgan fingerprint density at radius 2 is 1.68 bits per heavy atom. The number of hydrogen-bond donors (Lipinski definition) is 0. The lowest BCUT2D eigenvalue weighted by Crippen LogP contribution is -1.93. The number of aryl methyl sites for hydroxylation is 1. The molecular formula is C24H19N3O. The molecule has 3 aromatic carbocycles. The van der Waals surface area contributed by atoms with Crippen molar-refractivity contribution in [2.24, 2.45) is 0 Å². The van der Waals surface area contributed by atoms with E-state index in [9.17, 15) is 0 Å². The lowest BCUT2D eigenvalue weighted by atomic mass is 9.99. The van der Waals surface area contributed by atoms with E-state index < -0.39 is 0 Å². The lowest BCUT2D eigenvalue weighted by Gasteiger charge is -2.11. The molecule has 28 heavy (non-hydrogen) atoms. The number of ether oxygens (including phenoxy) is 1. The molecule has 0 aliphatic heterocycles. The molecule has 136 valence electrons. The van der Waals surface area contributed by atoms with Gasteiger partial charge in [-0.1, -0.05) is 60.2 Å². The maximum atomic E-state index is 5.67. The Morgan fingerprint density at radius 1 is 0.857 bits per heavy atom. The van der Waals surface area contributed by atoms with Gasteiger partial charge in [0.1, 0.15) is 5.75 Å². The van der Waals surface area contributed by atoms with Gasteiger partial charge in [0, 0.05) is 23.5 Å². The topological polar surface area (TPSA) is 39.4 Å². The molecule has 0 N–H and O–H groups in total. The van der Waals surface area contributed by atoms with Crippen LogP contribution in [-0.2, 0) is 0 Å². The molecule has 2 aromatic heterocycles. The van der Waals surface area contributed by atoms with Gasteiger partial charge in [0.2, 0.25) is 0 Å². The molecule has 2 heterocycles. The van der Waals surface area contributed by atoms with Crippen molar-refractivity contribution in [1.82, 2.24) is 14.6 Å². The van der Waals surface area contributed by atoms with Gasteiger partial charge in [-0.15, -0.1) is 0 Å². The molecule has 4 heteroatoms. The smallest absolute Gasteiger partial charge is 0.162 e. The summed E-state index contributed by atoms with van der Waals surface area (Å²) in [5.41, 5.74) is 6.19. The number of aromatic nitrogens is 3. The molecule has 4 nitrogen and oxygen atoms in total. The highest BCUT2D eigenvalue weighted by Gasteiger charge is 2.16. The summed E-state index contributed by atoms with van der Waals surface area (Å²) in [4.78, 5) is 4.74. The van der Waals surface area contributed by atoms with Gasteiger partial charge in [-0.25, -0.2) is 9.50 Å². The molecule has 0 bridgehead atoms. The minimum atomic E-state index is 0.811. The predicted octanol–water partition coefficient (Wildman–Crippen LogP) is 5.53. The zero-order chi connectivity index (χ0) is 19.1. The lowest BCUT2D eigenvalue weighted by molar-refractivity contribution is 0.417. The van der Waals surface area contributed by atoms with E-state index in [0.29, 0.717) is 0 Å². The van der Waals surface area contributed by atoms with Crippen molar-refractivity contribution in [2.75, 3.05) is 7.11 Å². The third-order valence-electron chi connectivity index (χ3n) is 5.12. The fourth-order valence-electron chi connectivity index (χ4n) is 3.65. The Labute approximate surface area is 163 Å². The van der Waals surface area contributed by atoms with Crippen LogP contribution in [0.4, 0.5) is 0 Å². The summed E-state index contributed by atoms with van der Waals surface area (Å²) < 4.78 is 7.50. The van der Waals surface area contributed by atoms with Crippen LogP contribution in [0.2, 0.25) is 0 Å². The van der Waals surface area contributed by atoms with E-state index in [1.807, 2.05) is 41.3 Å². The van der Waals surface area contributed by atoms with Gasteiger partial charge < -0.3 is 4.74 Å². The number of methoxy groups -OCH3 is 1. The zero-order valence-corrected chi connectivity index (χ0v) is 15.8. The van der Waals surface area contributed by atoms with Gasteiger partial charge in [0.05, 0.1) is 18.9 Å². The van der Waals surface area contributed by atoms with E-state index in [1.165, 1.54) is 5.56 Å². The minimum absolute atomic E-state index is 0.811. The summed E-state index contributed by atoms with van der Waals surface area (Å²) in [5, 5.41) is 6.87. The normalized spacial score (nSPS) is 11.2. The Balaban J connectivity index is 1.71. The summed E-state index contributed by atoms with van der Waals surface area (Å²) in [7, 11) is 1.70. The largest absolute Gasteiger partial charge is 0.496 e. The van der Waals surface area contributed by atoms with Crippen LogP contribution in [0, 0.1) is 6.92 Å². The molecule has 0 aliphatic rings. The summed E-state index contributed by atoms with van der Waals surface area (Å²) in [6.45, 7) is 2.09. The SMILES string of the molecule is COc1ccc2ccccc2c1-c1cnn2cc(-c3ccc(C)cc3)cnc12. The number of benzene rings is 3. The molecule has 0 unspecified atom stereocenters. The summed E-state index contributed by atoms with van der Waals surface area (Å²) in [6, 6.07) is 20.8. The van der Waals surface area contributed by atoms with Crippen LogP contribution in [-0.4, -0.2) is 21.7 Å². The van der Waals surface area contributed by atoms with Gasteiger partial charge in [0.15, 0.2) is 5.65 Å². The Hall–Kier alpha value is -3.66. The predicted molar refractivity (Wildman–Crippen MR) is 113 cm³/mol. The van der Waals surface area contributed by atoms with Gasteiger partial charge in [0.25, 0.3) is 0 Å². The van der Waals surface area contributed by atoms with Crippen LogP contribution in [0.1, 0.15) is 5.56 Å². The quantitative estimate of drug-likeness (QED) is 0.422. The third kappa shape index (κ3) is 2.62. The van der Waals surface area contributed by atoms with Crippen molar-refractivity contribution in [3.05, 3.63) is 84.8 Å². The van der Waals surface area contributed by atoms with Crippen molar-refractivity contribution in [1.29, 1.82) is 0 Å². The third-order valence-corrected chi connectivity index (χ3v) is 5.12. The minimum Gasteiger partial charge on any atom is -0.496 e. The fourth-order valence-corrected chi connectivity index (χ4v) is 3.65. The number of rotatable bonds is 3. The molecule has 0 spiro atoms. The Kier molecular flexibility index (Phi) is 3.83. The van der Waals surface area contributed by atoms with Gasteiger partial charge >= 0.3 is 0 Å². The molecule has 0 amide bonds. The van der Waals surface area contributed by atoms with E-state index in [2.05, 4.69) is 54.5 Å². The second-order valence-electron chi connectivity index (χ2n) is 6.90. The molecule has 0 atom stereocenters. The first kappa shape index (κ1) is 16.5. The maximum Gasteiger partial charge on any atom is 0.162 e.